The molecule has 2 heterocycles. The Kier molecular flexibility index (Phi) is 9.71. The highest BCUT2D eigenvalue weighted by atomic mass is 127. The van der Waals surface area contributed by atoms with E-state index in [4.69, 9.17) is 4.74 Å². The summed E-state index contributed by atoms with van der Waals surface area (Å²) in [4.78, 5) is 20.9. The first-order valence-electron chi connectivity index (χ1n) is 11.1. The molecule has 1 aromatic rings. The number of carbonyl (C=O) groups is 1. The Bertz CT molecular complexity index is 714. The van der Waals surface area contributed by atoms with Crippen LogP contribution in [0.3, 0.4) is 0 Å². The first-order chi connectivity index (χ1) is 14.3. The van der Waals surface area contributed by atoms with Gasteiger partial charge in [0.2, 0.25) is 0 Å². The number of halogens is 1. The third kappa shape index (κ3) is 8.05. The van der Waals surface area contributed by atoms with Crippen LogP contribution in [-0.4, -0.2) is 68.4 Å². The molecule has 2 saturated heterocycles. The number of ether oxygens (including phenoxy) is 1. The molecule has 174 valence electrons. The fourth-order valence-electron chi connectivity index (χ4n) is 4.03. The average Bonchev–Trinajstić information content (AvgIpc) is 3.19. The lowest BCUT2D eigenvalue weighted by molar-refractivity contribution is 0.0185. The first kappa shape index (κ1) is 25.5. The Hall–Kier alpha value is -1.71. The predicted octanol–water partition coefficient (Wildman–Crippen LogP) is 3.70. The zero-order chi connectivity index (χ0) is 21.6. The van der Waals surface area contributed by atoms with Gasteiger partial charge in [-0.25, -0.2) is 4.79 Å². The monoisotopic (exact) mass is 543 g/mol. The lowest BCUT2D eigenvalue weighted by Gasteiger charge is -2.33. The molecule has 3 rings (SSSR count). The lowest BCUT2D eigenvalue weighted by atomic mass is 9.97. The van der Waals surface area contributed by atoms with Crippen LogP contribution in [-0.2, 0) is 4.74 Å². The van der Waals surface area contributed by atoms with Gasteiger partial charge in [0.05, 0.1) is 0 Å². The summed E-state index contributed by atoms with van der Waals surface area (Å²) in [7, 11) is 1.82. The summed E-state index contributed by atoms with van der Waals surface area (Å²) in [6.45, 7) is 10.1. The summed E-state index contributed by atoms with van der Waals surface area (Å²) in [5.74, 6) is 1.40. The van der Waals surface area contributed by atoms with Crippen LogP contribution in [0.2, 0.25) is 0 Å². The van der Waals surface area contributed by atoms with Gasteiger partial charge in [-0.05, 0) is 58.1 Å². The highest BCUT2D eigenvalue weighted by molar-refractivity contribution is 14.0. The Morgan fingerprint density at radius 2 is 1.81 bits per heavy atom. The van der Waals surface area contributed by atoms with E-state index in [1.807, 2.05) is 32.7 Å². The van der Waals surface area contributed by atoms with Crippen LogP contribution in [0.15, 0.2) is 35.3 Å². The van der Waals surface area contributed by atoms with Crippen LogP contribution in [0.25, 0.3) is 0 Å². The quantitative estimate of drug-likeness (QED) is 0.345. The molecule has 1 aromatic carbocycles. The molecular weight excluding hydrogens is 505 g/mol. The maximum Gasteiger partial charge on any atom is 0.410 e. The van der Waals surface area contributed by atoms with E-state index < -0.39 is 5.60 Å². The van der Waals surface area contributed by atoms with Crippen LogP contribution >= 0.6 is 24.0 Å². The van der Waals surface area contributed by atoms with E-state index in [1.54, 1.807) is 0 Å². The molecule has 2 fully saturated rings. The van der Waals surface area contributed by atoms with Gasteiger partial charge in [-0.1, -0.05) is 18.2 Å². The number of nitrogens with zero attached hydrogens (tertiary/aromatic N) is 3. The van der Waals surface area contributed by atoms with E-state index in [0.29, 0.717) is 12.0 Å². The average molecular weight is 543 g/mol. The molecule has 7 nitrogen and oxygen atoms in total. The van der Waals surface area contributed by atoms with Gasteiger partial charge < -0.3 is 25.2 Å². The third-order valence-corrected chi connectivity index (χ3v) is 5.70. The first-order valence-corrected chi connectivity index (χ1v) is 11.1. The molecule has 1 amide bonds. The second-order valence-corrected chi connectivity index (χ2v) is 9.28. The number of guanidine groups is 1. The minimum Gasteiger partial charge on any atom is -0.444 e. The molecule has 0 aliphatic carbocycles. The van der Waals surface area contributed by atoms with E-state index in [9.17, 15) is 4.79 Å². The van der Waals surface area contributed by atoms with Crippen LogP contribution in [0.4, 0.5) is 10.5 Å². The van der Waals surface area contributed by atoms with E-state index in [0.717, 1.165) is 57.9 Å². The minimum atomic E-state index is -0.440. The van der Waals surface area contributed by atoms with Gasteiger partial charge in [0, 0.05) is 51.5 Å². The molecular formula is C23H38IN5O2. The van der Waals surface area contributed by atoms with Crippen molar-refractivity contribution in [1.82, 2.24) is 15.5 Å². The highest BCUT2D eigenvalue weighted by Gasteiger charge is 2.27. The van der Waals surface area contributed by atoms with Crippen molar-refractivity contribution in [1.29, 1.82) is 0 Å². The lowest BCUT2D eigenvalue weighted by Crippen LogP contribution is -2.48. The van der Waals surface area contributed by atoms with Crippen molar-refractivity contribution >= 4 is 41.7 Å². The normalized spacial score (nSPS) is 20.3. The number of hydrogen-bond acceptors (Lipinski definition) is 4. The zero-order valence-corrected chi connectivity index (χ0v) is 21.6. The topological polar surface area (TPSA) is 69.2 Å². The maximum atomic E-state index is 12.2. The summed E-state index contributed by atoms with van der Waals surface area (Å²) in [6.07, 6.45) is 2.86. The van der Waals surface area contributed by atoms with Gasteiger partial charge in [0.25, 0.3) is 0 Å². The number of amides is 1. The van der Waals surface area contributed by atoms with Gasteiger partial charge in [-0.3, -0.25) is 4.99 Å². The minimum absolute atomic E-state index is 0. The summed E-state index contributed by atoms with van der Waals surface area (Å²) >= 11 is 0. The number of piperidine rings is 1. The largest absolute Gasteiger partial charge is 0.444 e. The van der Waals surface area contributed by atoms with Crippen molar-refractivity contribution in [3.8, 4) is 0 Å². The van der Waals surface area contributed by atoms with Crippen molar-refractivity contribution in [3.05, 3.63) is 30.3 Å². The summed E-state index contributed by atoms with van der Waals surface area (Å²) in [5, 5.41) is 7.06. The second kappa shape index (κ2) is 11.8. The molecule has 0 spiro atoms. The van der Waals surface area contributed by atoms with Crippen molar-refractivity contribution in [2.75, 3.05) is 44.7 Å². The molecule has 2 aliphatic rings. The SMILES string of the molecule is CN=C(NCC1CCN(C(=O)OC(C)(C)C)CC1)NC1CCN(c2ccccc2)C1.I. The van der Waals surface area contributed by atoms with Crippen LogP contribution < -0.4 is 15.5 Å². The van der Waals surface area contributed by atoms with E-state index in [1.165, 1.54) is 5.69 Å². The molecule has 1 unspecified atom stereocenters. The van der Waals surface area contributed by atoms with Gasteiger partial charge >= 0.3 is 6.09 Å². The standard InChI is InChI=1S/C23H37N5O2.HI/c1-23(2,3)30-22(29)27-13-10-18(11-14-27)16-25-21(24-4)26-19-12-15-28(17-19)20-8-6-5-7-9-20;/h5-9,18-19H,10-17H2,1-4H3,(H2,24,25,26);1H. The van der Waals surface area contributed by atoms with Gasteiger partial charge in [0.15, 0.2) is 5.96 Å². The Balaban J connectivity index is 0.00000341. The zero-order valence-electron chi connectivity index (χ0n) is 19.3. The number of benzene rings is 1. The number of aliphatic imine (C=N–C) groups is 1. The van der Waals surface area contributed by atoms with Crippen molar-refractivity contribution in [3.63, 3.8) is 0 Å². The summed E-state index contributed by atoms with van der Waals surface area (Å²) < 4.78 is 5.48. The predicted molar refractivity (Wildman–Crippen MR) is 138 cm³/mol. The number of rotatable bonds is 4. The molecule has 0 bridgehead atoms. The van der Waals surface area contributed by atoms with Crippen molar-refractivity contribution in [2.45, 2.75) is 51.7 Å². The van der Waals surface area contributed by atoms with Crippen LogP contribution in [0.5, 0.6) is 0 Å². The molecule has 31 heavy (non-hydrogen) atoms. The van der Waals surface area contributed by atoms with Crippen LogP contribution in [0.1, 0.15) is 40.0 Å². The van der Waals surface area contributed by atoms with E-state index >= 15 is 0 Å². The number of anilines is 1. The second-order valence-electron chi connectivity index (χ2n) is 9.28. The molecule has 8 heteroatoms. The van der Waals surface area contributed by atoms with Crippen molar-refractivity contribution < 1.29 is 9.53 Å². The highest BCUT2D eigenvalue weighted by Crippen LogP contribution is 2.20. The molecule has 2 N–H and O–H groups in total. The Morgan fingerprint density at radius 3 is 2.42 bits per heavy atom. The Labute approximate surface area is 204 Å². The van der Waals surface area contributed by atoms with Crippen LogP contribution in [0, 0.1) is 5.92 Å². The molecule has 1 atom stereocenters. The molecule has 2 aliphatic heterocycles. The molecule has 0 saturated carbocycles. The molecule has 0 aromatic heterocycles. The number of hydrogen-bond donors (Lipinski definition) is 2. The Morgan fingerprint density at radius 1 is 1.13 bits per heavy atom. The van der Waals surface area contributed by atoms with Gasteiger partial charge in [-0.15, -0.1) is 24.0 Å². The number of likely N-dealkylation sites (tertiary alicyclic amines) is 1. The smallest absolute Gasteiger partial charge is 0.410 e. The number of carbonyl (C=O) groups excluding carboxylic acids is 1. The fraction of sp³-hybridized carbons (Fsp3) is 0.652. The fourth-order valence-corrected chi connectivity index (χ4v) is 4.03. The maximum absolute atomic E-state index is 12.2. The van der Waals surface area contributed by atoms with E-state index in [2.05, 4.69) is 50.9 Å². The van der Waals surface area contributed by atoms with Gasteiger partial charge in [0.1, 0.15) is 5.60 Å². The summed E-state index contributed by atoms with van der Waals surface area (Å²) in [5.41, 5.74) is 0.839. The van der Waals surface area contributed by atoms with E-state index in [-0.39, 0.29) is 30.1 Å². The number of para-hydroxylation sites is 1. The summed E-state index contributed by atoms with van der Waals surface area (Å²) in [6, 6.07) is 11.0. The number of nitrogens with one attached hydrogen (secondary N) is 2. The van der Waals surface area contributed by atoms with Gasteiger partial charge in [-0.2, -0.15) is 0 Å². The molecule has 0 radical (unpaired) electrons. The van der Waals surface area contributed by atoms with Crippen molar-refractivity contribution in [2.24, 2.45) is 10.9 Å². The third-order valence-electron chi connectivity index (χ3n) is 5.70.